The zero-order valence-corrected chi connectivity index (χ0v) is 12.2. The van der Waals surface area contributed by atoms with Gasteiger partial charge >= 0.3 is 0 Å². The zero-order valence-electron chi connectivity index (χ0n) is 11.4. The molecule has 0 bridgehead atoms. The minimum Gasteiger partial charge on any atom is -0.388 e. The van der Waals surface area contributed by atoms with Crippen LogP contribution in [0, 0.1) is 0 Å². The van der Waals surface area contributed by atoms with Crippen molar-refractivity contribution in [3.63, 3.8) is 0 Å². The molecule has 2 rings (SSSR count). The van der Waals surface area contributed by atoms with Crippen molar-refractivity contribution in [1.82, 2.24) is 0 Å². The highest BCUT2D eigenvalue weighted by Crippen LogP contribution is 2.23. The van der Waals surface area contributed by atoms with Gasteiger partial charge in [0, 0.05) is 28.9 Å². The van der Waals surface area contributed by atoms with Crippen molar-refractivity contribution in [3.05, 3.63) is 64.7 Å². The Balaban J connectivity index is 0.000000861. The van der Waals surface area contributed by atoms with Gasteiger partial charge in [-0.2, -0.15) is 0 Å². The smallest absolute Gasteiger partial charge is 0.195 e. The number of halogens is 1. The molecule has 0 fully saturated rings. The van der Waals surface area contributed by atoms with E-state index < -0.39 is 0 Å². The van der Waals surface area contributed by atoms with Crippen LogP contribution in [0.4, 0.5) is 5.69 Å². The highest BCUT2D eigenvalue weighted by molar-refractivity contribution is 6.31. The molecule has 0 radical (unpaired) electrons. The fraction of sp³-hybridized carbons (Fsp3) is 0.188. The molecule has 0 unspecified atom stereocenters. The van der Waals surface area contributed by atoms with Gasteiger partial charge in [0.25, 0.3) is 0 Å². The summed E-state index contributed by atoms with van der Waals surface area (Å²) in [6.45, 7) is 4.00. The lowest BCUT2D eigenvalue weighted by atomic mass is 10.0. The number of carbonyl (C=O) groups excluding carboxylic acids is 1. The molecule has 2 nitrogen and oxygen atoms in total. The van der Waals surface area contributed by atoms with E-state index in [1.165, 1.54) is 0 Å². The fourth-order valence-electron chi connectivity index (χ4n) is 1.67. The second kappa shape index (κ2) is 7.59. The number of hydrogen-bond donors (Lipinski definition) is 1. The van der Waals surface area contributed by atoms with Crippen LogP contribution in [0.25, 0.3) is 0 Å². The van der Waals surface area contributed by atoms with Crippen molar-refractivity contribution in [2.75, 3.05) is 12.4 Å². The third-order valence-corrected chi connectivity index (χ3v) is 2.77. The summed E-state index contributed by atoms with van der Waals surface area (Å²) in [6.07, 6.45) is 0. The van der Waals surface area contributed by atoms with Gasteiger partial charge in [0.2, 0.25) is 0 Å². The first kappa shape index (κ1) is 15.3. The van der Waals surface area contributed by atoms with Gasteiger partial charge < -0.3 is 5.32 Å². The van der Waals surface area contributed by atoms with Gasteiger partial charge in [0.1, 0.15) is 0 Å². The van der Waals surface area contributed by atoms with E-state index >= 15 is 0 Å². The summed E-state index contributed by atoms with van der Waals surface area (Å²) in [6, 6.07) is 14.4. The Bertz CT molecular complexity index is 538. The van der Waals surface area contributed by atoms with E-state index in [-0.39, 0.29) is 5.78 Å². The van der Waals surface area contributed by atoms with Crippen LogP contribution in [0.3, 0.4) is 0 Å². The van der Waals surface area contributed by atoms with E-state index in [2.05, 4.69) is 5.32 Å². The highest BCUT2D eigenvalue weighted by Gasteiger charge is 2.13. The number of benzene rings is 2. The van der Waals surface area contributed by atoms with Crippen molar-refractivity contribution in [3.8, 4) is 0 Å². The number of anilines is 1. The summed E-state index contributed by atoms with van der Waals surface area (Å²) in [4.78, 5) is 12.3. The molecule has 0 atom stereocenters. The summed E-state index contributed by atoms with van der Waals surface area (Å²) < 4.78 is 0. The molecule has 0 spiro atoms. The molecule has 2 aromatic rings. The number of nitrogens with one attached hydrogen (secondary N) is 1. The van der Waals surface area contributed by atoms with E-state index in [1.807, 2.05) is 32.0 Å². The molecule has 0 aliphatic carbocycles. The van der Waals surface area contributed by atoms with Gasteiger partial charge in [-0.05, 0) is 18.2 Å². The normalized spacial score (nSPS) is 9.26. The summed E-state index contributed by atoms with van der Waals surface area (Å²) in [5.74, 6) is -0.0301. The molecule has 0 aromatic heterocycles. The summed E-state index contributed by atoms with van der Waals surface area (Å²) >= 11 is 5.93. The van der Waals surface area contributed by atoms with E-state index in [9.17, 15) is 4.79 Å². The predicted octanol–water partition coefficient (Wildman–Crippen LogP) is 4.64. The molecular weight excluding hydrogens is 258 g/mol. The van der Waals surface area contributed by atoms with Gasteiger partial charge in [0.15, 0.2) is 5.78 Å². The van der Waals surface area contributed by atoms with Crippen LogP contribution in [0.1, 0.15) is 29.8 Å². The Morgan fingerprint density at radius 1 is 1.05 bits per heavy atom. The van der Waals surface area contributed by atoms with E-state index in [1.54, 1.807) is 37.4 Å². The molecule has 3 heteroatoms. The molecule has 1 N–H and O–H groups in total. The molecule has 0 saturated carbocycles. The lowest BCUT2D eigenvalue weighted by Gasteiger charge is -2.08. The van der Waals surface area contributed by atoms with Crippen LogP contribution in [0.15, 0.2) is 48.5 Å². The average molecular weight is 276 g/mol. The van der Waals surface area contributed by atoms with Crippen molar-refractivity contribution in [2.24, 2.45) is 0 Å². The number of rotatable bonds is 3. The van der Waals surface area contributed by atoms with E-state index in [0.717, 1.165) is 5.69 Å². The van der Waals surface area contributed by atoms with Crippen LogP contribution < -0.4 is 5.32 Å². The largest absolute Gasteiger partial charge is 0.388 e. The molecule has 0 heterocycles. The second-order valence-electron chi connectivity index (χ2n) is 3.64. The molecule has 0 aliphatic rings. The van der Waals surface area contributed by atoms with Gasteiger partial charge in [0.05, 0.1) is 0 Å². The first-order valence-electron chi connectivity index (χ1n) is 6.29. The SMILES string of the molecule is CC.CNc1ccc(Cl)cc1C(=O)c1ccccc1. The molecule has 19 heavy (non-hydrogen) atoms. The van der Waals surface area contributed by atoms with Gasteiger partial charge in [-0.3, -0.25) is 4.79 Å². The first-order chi connectivity index (χ1) is 9.22. The molecule has 2 aromatic carbocycles. The fourth-order valence-corrected chi connectivity index (χ4v) is 1.84. The number of carbonyl (C=O) groups is 1. The number of hydrogen-bond acceptors (Lipinski definition) is 2. The predicted molar refractivity (Wildman–Crippen MR) is 82.2 cm³/mol. The Hall–Kier alpha value is -1.80. The van der Waals surface area contributed by atoms with Crippen molar-refractivity contribution < 1.29 is 4.79 Å². The Morgan fingerprint density at radius 2 is 1.68 bits per heavy atom. The summed E-state index contributed by atoms with van der Waals surface area (Å²) in [5, 5.41) is 3.55. The van der Waals surface area contributed by atoms with Crippen molar-refractivity contribution >= 4 is 23.1 Å². The molecule has 0 aliphatic heterocycles. The van der Waals surface area contributed by atoms with Crippen LogP contribution in [-0.4, -0.2) is 12.8 Å². The third-order valence-electron chi connectivity index (χ3n) is 2.53. The Labute approximate surface area is 119 Å². The van der Waals surface area contributed by atoms with Crippen molar-refractivity contribution in [2.45, 2.75) is 13.8 Å². The van der Waals surface area contributed by atoms with Gasteiger partial charge in [-0.1, -0.05) is 55.8 Å². The summed E-state index contributed by atoms with van der Waals surface area (Å²) in [7, 11) is 1.78. The van der Waals surface area contributed by atoms with E-state index in [0.29, 0.717) is 16.1 Å². The quantitative estimate of drug-likeness (QED) is 0.827. The van der Waals surface area contributed by atoms with Crippen molar-refractivity contribution in [1.29, 1.82) is 0 Å². The monoisotopic (exact) mass is 275 g/mol. The van der Waals surface area contributed by atoms with Gasteiger partial charge in [-0.15, -0.1) is 0 Å². The lowest BCUT2D eigenvalue weighted by molar-refractivity contribution is 0.103. The third kappa shape index (κ3) is 3.83. The number of ketones is 1. The maximum absolute atomic E-state index is 12.3. The lowest BCUT2D eigenvalue weighted by Crippen LogP contribution is -2.05. The minimum atomic E-state index is -0.0301. The first-order valence-corrected chi connectivity index (χ1v) is 6.67. The summed E-state index contributed by atoms with van der Waals surface area (Å²) in [5.41, 5.74) is 2.03. The Morgan fingerprint density at radius 3 is 2.26 bits per heavy atom. The topological polar surface area (TPSA) is 29.1 Å². The maximum Gasteiger partial charge on any atom is 0.195 e. The molecule has 0 saturated heterocycles. The van der Waals surface area contributed by atoms with Crippen LogP contribution >= 0.6 is 11.6 Å². The standard InChI is InChI=1S/C14H12ClNO.C2H6/c1-16-13-8-7-11(15)9-12(13)14(17)10-5-3-2-4-6-10;1-2/h2-9,16H,1H3;1-2H3. The molecule has 0 amide bonds. The zero-order chi connectivity index (χ0) is 14.3. The maximum atomic E-state index is 12.3. The molecule has 100 valence electrons. The van der Waals surface area contributed by atoms with Crippen LogP contribution in [-0.2, 0) is 0 Å². The minimum absolute atomic E-state index is 0.0301. The average Bonchev–Trinajstić information content (AvgIpc) is 2.49. The van der Waals surface area contributed by atoms with Crippen LogP contribution in [0.2, 0.25) is 5.02 Å². The Kier molecular flexibility index (Phi) is 6.10. The second-order valence-corrected chi connectivity index (χ2v) is 4.07. The molecular formula is C16H18ClNO. The van der Waals surface area contributed by atoms with E-state index in [4.69, 9.17) is 11.6 Å². The highest BCUT2D eigenvalue weighted by atomic mass is 35.5. The van der Waals surface area contributed by atoms with Crippen LogP contribution in [0.5, 0.6) is 0 Å². The van der Waals surface area contributed by atoms with Gasteiger partial charge in [-0.25, -0.2) is 0 Å².